The zero-order chi connectivity index (χ0) is 26.4. The van der Waals surface area contributed by atoms with E-state index in [0.717, 1.165) is 44.9 Å². The topological polar surface area (TPSA) is 71.5 Å². The predicted molar refractivity (Wildman–Crippen MR) is 146 cm³/mol. The van der Waals surface area contributed by atoms with Gasteiger partial charge in [-0.2, -0.15) is 0 Å². The molecule has 37 heavy (non-hydrogen) atoms. The first kappa shape index (κ1) is 28.3. The molecule has 4 heterocycles. The average Bonchev–Trinajstić information content (AvgIpc) is 3.60. The maximum atomic E-state index is 12.7. The maximum Gasteiger partial charge on any atom is 0.330 e. The summed E-state index contributed by atoms with van der Waals surface area (Å²) in [5, 5.41) is 10.8. The second kappa shape index (κ2) is 12.9. The van der Waals surface area contributed by atoms with Crippen molar-refractivity contribution in [1.29, 1.82) is 0 Å². The van der Waals surface area contributed by atoms with Gasteiger partial charge in [-0.25, -0.2) is 4.79 Å². The Hall–Kier alpha value is -1.73. The van der Waals surface area contributed by atoms with E-state index in [1.54, 1.807) is 6.08 Å². The average molecular weight is 514 g/mol. The number of ether oxygens (including phenoxy) is 3. The first-order valence-corrected chi connectivity index (χ1v) is 14.2. The lowest BCUT2D eigenvalue weighted by molar-refractivity contribution is -0.143. The minimum Gasteiger partial charge on any atom is -0.459 e. The molecule has 2 bridgehead atoms. The smallest absolute Gasteiger partial charge is 0.330 e. The molecule has 0 aromatic carbocycles. The van der Waals surface area contributed by atoms with Crippen LogP contribution in [0.25, 0.3) is 0 Å². The third-order valence-electron chi connectivity index (χ3n) is 8.43. The van der Waals surface area contributed by atoms with Crippen molar-refractivity contribution in [1.82, 2.24) is 4.90 Å². The fourth-order valence-electron chi connectivity index (χ4n) is 6.05. The summed E-state index contributed by atoms with van der Waals surface area (Å²) in [6.45, 7) is 7.46. The van der Waals surface area contributed by atoms with Crippen molar-refractivity contribution >= 4 is 5.97 Å². The molecule has 7 atom stereocenters. The largest absolute Gasteiger partial charge is 0.459 e. The molecule has 0 amide bonds. The van der Waals surface area contributed by atoms with E-state index in [4.69, 9.17) is 14.2 Å². The third kappa shape index (κ3) is 8.64. The number of rotatable bonds is 3. The first-order valence-electron chi connectivity index (χ1n) is 14.2. The summed E-state index contributed by atoms with van der Waals surface area (Å²) in [4.78, 5) is 15.2. The molecule has 4 aliphatic rings. The number of fused-ring (bicyclic) bond motifs is 3. The van der Waals surface area contributed by atoms with Crippen LogP contribution in [0, 0.1) is 5.41 Å². The molecule has 0 unspecified atom stereocenters. The number of aliphatic hydroxyl groups excluding tert-OH is 1. The monoisotopic (exact) mass is 513 g/mol. The van der Waals surface area contributed by atoms with Gasteiger partial charge in [-0.3, -0.25) is 4.90 Å². The van der Waals surface area contributed by atoms with Crippen molar-refractivity contribution in [2.75, 3.05) is 13.7 Å². The highest BCUT2D eigenvalue weighted by Gasteiger charge is 2.45. The van der Waals surface area contributed by atoms with Gasteiger partial charge in [0.05, 0.1) is 24.9 Å². The first-order chi connectivity index (χ1) is 17.7. The Labute approximate surface area is 223 Å². The van der Waals surface area contributed by atoms with Crippen LogP contribution in [0.1, 0.15) is 78.6 Å². The molecule has 6 nitrogen and oxygen atoms in total. The van der Waals surface area contributed by atoms with Gasteiger partial charge < -0.3 is 19.3 Å². The van der Waals surface area contributed by atoms with E-state index in [-0.39, 0.29) is 41.8 Å². The summed E-state index contributed by atoms with van der Waals surface area (Å²) in [6.07, 6.45) is 21.3. The van der Waals surface area contributed by atoms with Crippen LogP contribution < -0.4 is 0 Å². The van der Waals surface area contributed by atoms with Gasteiger partial charge in [0.15, 0.2) is 0 Å². The Kier molecular flexibility index (Phi) is 9.84. The van der Waals surface area contributed by atoms with Gasteiger partial charge >= 0.3 is 5.97 Å². The Morgan fingerprint density at radius 3 is 2.89 bits per heavy atom. The lowest BCUT2D eigenvalue weighted by Crippen LogP contribution is -2.43. The predicted octanol–water partition coefficient (Wildman–Crippen LogP) is 5.27. The van der Waals surface area contributed by atoms with Crippen molar-refractivity contribution in [2.45, 2.75) is 121 Å². The molecule has 0 aliphatic carbocycles. The van der Waals surface area contributed by atoms with E-state index in [2.05, 4.69) is 63.1 Å². The van der Waals surface area contributed by atoms with E-state index in [0.29, 0.717) is 25.5 Å². The molecule has 4 aliphatic heterocycles. The number of likely N-dealkylation sites (N-methyl/N-ethyl adjacent to an activating group) is 1. The van der Waals surface area contributed by atoms with Crippen LogP contribution >= 0.6 is 0 Å². The highest BCUT2D eigenvalue weighted by Crippen LogP contribution is 2.37. The van der Waals surface area contributed by atoms with Crippen molar-refractivity contribution in [3.05, 3.63) is 48.1 Å². The van der Waals surface area contributed by atoms with E-state index in [1.807, 2.05) is 6.08 Å². The molecule has 1 saturated heterocycles. The summed E-state index contributed by atoms with van der Waals surface area (Å²) in [6, 6.07) is 0.764. The molecule has 6 heteroatoms. The zero-order valence-corrected chi connectivity index (χ0v) is 23.2. The van der Waals surface area contributed by atoms with E-state index in [9.17, 15) is 9.90 Å². The van der Waals surface area contributed by atoms with Gasteiger partial charge in [-0.15, -0.1) is 0 Å². The van der Waals surface area contributed by atoms with Gasteiger partial charge in [0, 0.05) is 31.0 Å². The Balaban J connectivity index is 1.42. The summed E-state index contributed by atoms with van der Waals surface area (Å²) < 4.78 is 17.5. The molecule has 0 aromatic rings. The fourth-order valence-corrected chi connectivity index (χ4v) is 6.05. The number of esters is 1. The summed E-state index contributed by atoms with van der Waals surface area (Å²) >= 11 is 0. The van der Waals surface area contributed by atoms with Gasteiger partial charge in [0.2, 0.25) is 0 Å². The SMILES string of the molecule is CC1=CCO[C@H](/C=C/C[C@@H]2C[C@@H]3O[C@H]3[C@@H](O)CCCC(C)(C)C[C@@H]3CC=C[C@@H](C/C=C\C(=O)O2)N3C)C1. The third-order valence-corrected chi connectivity index (χ3v) is 8.43. The number of aliphatic hydroxyl groups is 1. The number of hydrogen-bond donors (Lipinski definition) is 1. The Bertz CT molecular complexity index is 890. The van der Waals surface area contributed by atoms with Crippen molar-refractivity contribution in [3.8, 4) is 0 Å². The molecule has 4 rings (SSSR count). The minimum absolute atomic E-state index is 0.0636. The summed E-state index contributed by atoms with van der Waals surface area (Å²) in [5.41, 5.74) is 1.54. The highest BCUT2D eigenvalue weighted by atomic mass is 16.6. The van der Waals surface area contributed by atoms with Crippen LogP contribution in [-0.2, 0) is 19.0 Å². The molecular formula is C31H47NO5. The Morgan fingerprint density at radius 1 is 1.24 bits per heavy atom. The molecule has 1 N–H and O–H groups in total. The van der Waals surface area contributed by atoms with Crippen molar-refractivity contribution in [2.24, 2.45) is 5.41 Å². The number of hydrogen-bond acceptors (Lipinski definition) is 6. The van der Waals surface area contributed by atoms with E-state index >= 15 is 0 Å². The molecule has 0 aromatic heterocycles. The van der Waals surface area contributed by atoms with E-state index in [1.165, 1.54) is 5.57 Å². The van der Waals surface area contributed by atoms with Crippen LogP contribution in [-0.4, -0.2) is 72.2 Å². The standard InChI is InChI=1S/C31H47NO5/c1-22-16-18-35-25(19-22)12-7-13-26-20-28-30(37-28)27(33)14-8-17-31(2,3)21-24-11-5-9-23(32(24)4)10-6-15-29(34)36-26/h5-7,9,12,15-16,23-28,30,33H,8,10-11,13-14,17-21H2,1-4H3/b12-7+,15-6-/t23-,24-,25+,26+,27-,28-,30-/m0/s1. The summed E-state index contributed by atoms with van der Waals surface area (Å²) in [7, 11) is 2.20. The minimum atomic E-state index is -0.471. The van der Waals surface area contributed by atoms with Gasteiger partial charge in [-0.05, 0) is 57.9 Å². The lowest BCUT2D eigenvalue weighted by atomic mass is 9.78. The van der Waals surface area contributed by atoms with Gasteiger partial charge in [0.25, 0.3) is 0 Å². The van der Waals surface area contributed by atoms with Crippen LogP contribution in [0.5, 0.6) is 0 Å². The molecule has 206 valence electrons. The Morgan fingerprint density at radius 2 is 2.08 bits per heavy atom. The number of carbonyl (C=O) groups is 1. The molecule has 0 radical (unpaired) electrons. The highest BCUT2D eigenvalue weighted by molar-refractivity contribution is 5.82. The molecular weight excluding hydrogens is 466 g/mol. The molecule has 1 fully saturated rings. The van der Waals surface area contributed by atoms with Crippen LogP contribution in [0.3, 0.4) is 0 Å². The number of carbonyl (C=O) groups excluding carboxylic acids is 1. The van der Waals surface area contributed by atoms with Crippen molar-refractivity contribution < 1.29 is 24.1 Å². The lowest BCUT2D eigenvalue weighted by Gasteiger charge is -2.40. The van der Waals surface area contributed by atoms with Crippen molar-refractivity contribution in [3.63, 3.8) is 0 Å². The number of epoxide rings is 1. The van der Waals surface area contributed by atoms with Crippen LogP contribution in [0.15, 0.2) is 48.1 Å². The zero-order valence-electron chi connectivity index (χ0n) is 23.2. The normalized spacial score (nSPS) is 38.7. The quantitative estimate of drug-likeness (QED) is 0.315. The number of nitrogens with zero attached hydrogens (tertiary/aromatic N) is 1. The van der Waals surface area contributed by atoms with Crippen LogP contribution in [0.4, 0.5) is 0 Å². The molecule has 0 saturated carbocycles. The summed E-state index contributed by atoms with van der Waals surface area (Å²) in [5.74, 6) is -0.315. The number of cyclic esters (lactones) is 1. The fraction of sp³-hybridized carbons (Fsp3) is 0.710. The molecule has 0 spiro atoms. The van der Waals surface area contributed by atoms with E-state index < -0.39 is 6.10 Å². The van der Waals surface area contributed by atoms with Crippen LogP contribution in [0.2, 0.25) is 0 Å². The second-order valence-corrected chi connectivity index (χ2v) is 12.2. The van der Waals surface area contributed by atoms with Gasteiger partial charge in [-0.1, -0.05) is 62.3 Å². The maximum absolute atomic E-state index is 12.7. The second-order valence-electron chi connectivity index (χ2n) is 12.2. The van der Waals surface area contributed by atoms with Gasteiger partial charge in [0.1, 0.15) is 12.2 Å².